The number of nitrogens with zero attached hydrogens (tertiary/aromatic N) is 2. The molecule has 2 saturated carbocycles. The van der Waals surface area contributed by atoms with Gasteiger partial charge < -0.3 is 0 Å². The first-order chi connectivity index (χ1) is 11.3. The molecular weight excluding hydrogens is 495 g/mol. The van der Waals surface area contributed by atoms with Gasteiger partial charge in [0.15, 0.2) is 0 Å². The van der Waals surface area contributed by atoms with Crippen LogP contribution >= 0.6 is 17.4 Å². The molecule has 139 valence electrons. The maximum atomic E-state index is 5.02. The number of hydrogen-bond acceptors (Lipinski definition) is 2. The summed E-state index contributed by atoms with van der Waals surface area (Å²) < 4.78 is 0. The van der Waals surface area contributed by atoms with Crippen LogP contribution in [0.3, 0.4) is 0 Å². The molecule has 2 aliphatic carbocycles. The summed E-state index contributed by atoms with van der Waals surface area (Å²) in [6, 6.07) is 1.08. The van der Waals surface area contributed by atoms with E-state index in [4.69, 9.17) is 27.4 Å². The standard InChI is InChI=1S/C18H32N2.3ClH.Nd/c1-13-9-5-7-11-17(13)19-15(3)16(4)20-18-12-8-6-10-14(18)2;;;;/h13-14,17-18H,5-12H2,1-4H3;3*1H;/q;;;;+3/p-3. The second kappa shape index (κ2) is 12.9. The molecule has 0 radical (unpaired) electrons. The van der Waals surface area contributed by atoms with Gasteiger partial charge in [-0.05, 0) is 51.4 Å². The minimum atomic E-state index is -2.24. The third-order valence-electron chi connectivity index (χ3n) is 5.37. The Morgan fingerprint density at radius 2 is 1.00 bits per heavy atom. The quantitative estimate of drug-likeness (QED) is 0.349. The van der Waals surface area contributed by atoms with Crippen molar-refractivity contribution in [3.8, 4) is 0 Å². The van der Waals surface area contributed by atoms with Crippen LogP contribution in [0.4, 0.5) is 0 Å². The van der Waals surface area contributed by atoms with Crippen molar-refractivity contribution in [1.29, 1.82) is 0 Å². The van der Waals surface area contributed by atoms with Crippen molar-refractivity contribution in [1.82, 2.24) is 0 Å². The second-order valence-corrected chi connectivity index (χ2v) is 21.4. The Balaban J connectivity index is 0.000000648. The van der Waals surface area contributed by atoms with Gasteiger partial charge in [-0.25, -0.2) is 0 Å². The molecule has 0 saturated heterocycles. The zero-order valence-electron chi connectivity index (χ0n) is 15.5. The summed E-state index contributed by atoms with van der Waals surface area (Å²) in [5.74, 6) is 16.6. The summed E-state index contributed by atoms with van der Waals surface area (Å²) in [6.45, 7) is 9.04. The van der Waals surface area contributed by atoms with Crippen LogP contribution in [-0.4, -0.2) is 23.5 Å². The maximum absolute atomic E-state index is 5.02. The van der Waals surface area contributed by atoms with Crippen molar-refractivity contribution in [3.05, 3.63) is 0 Å². The fourth-order valence-electron chi connectivity index (χ4n) is 3.66. The zero-order chi connectivity index (χ0) is 18.1. The van der Waals surface area contributed by atoms with Crippen molar-refractivity contribution >= 4 is 28.8 Å². The Morgan fingerprint density at radius 1 is 0.708 bits per heavy atom. The van der Waals surface area contributed by atoms with Gasteiger partial charge in [0.1, 0.15) is 0 Å². The second-order valence-electron chi connectivity index (χ2n) is 7.30. The molecule has 0 N–H and O–H groups in total. The van der Waals surface area contributed by atoms with Gasteiger partial charge in [0, 0.05) is 0 Å². The van der Waals surface area contributed by atoms with Gasteiger partial charge in [-0.1, -0.05) is 39.5 Å². The van der Waals surface area contributed by atoms with Gasteiger partial charge in [0.25, 0.3) is 0 Å². The molecule has 0 aromatic rings. The molecule has 0 spiro atoms. The van der Waals surface area contributed by atoms with E-state index in [9.17, 15) is 0 Å². The van der Waals surface area contributed by atoms with Crippen LogP contribution in [0.5, 0.6) is 0 Å². The van der Waals surface area contributed by atoms with Gasteiger partial charge in [0.2, 0.25) is 0 Å². The Kier molecular flexibility index (Phi) is 12.6. The first-order valence-electron chi connectivity index (χ1n) is 9.23. The number of halogens is 3. The Labute approximate surface area is 169 Å². The van der Waals surface area contributed by atoms with E-state index >= 15 is 0 Å². The molecule has 2 rings (SSSR count). The zero-order valence-corrected chi connectivity index (χ0v) is 21.0. The van der Waals surface area contributed by atoms with E-state index in [0.717, 1.165) is 11.8 Å². The molecule has 4 atom stereocenters. The van der Waals surface area contributed by atoms with E-state index in [-0.39, 0.29) is 0 Å². The molecule has 24 heavy (non-hydrogen) atoms. The van der Waals surface area contributed by atoms with Crippen LogP contribution in [0, 0.1) is 41.8 Å². The van der Waals surface area contributed by atoms with E-state index in [0.29, 0.717) is 12.1 Å². The molecule has 2 nitrogen and oxygen atoms in total. The average molecular weight is 527 g/mol. The summed E-state index contributed by atoms with van der Waals surface area (Å²) in [6.07, 6.45) is 10.7. The number of aliphatic imine (C=N–C) groups is 2. The number of rotatable bonds is 3. The monoisotopic (exact) mass is 523 g/mol. The summed E-state index contributed by atoms with van der Waals surface area (Å²) in [4.78, 5) is 9.99. The first kappa shape index (κ1) is 23.6. The van der Waals surface area contributed by atoms with Crippen LogP contribution in [0.2, 0.25) is 0 Å². The fourth-order valence-corrected chi connectivity index (χ4v) is 3.66. The Morgan fingerprint density at radius 3 is 1.29 bits per heavy atom. The van der Waals surface area contributed by atoms with Crippen molar-refractivity contribution in [2.24, 2.45) is 21.8 Å². The van der Waals surface area contributed by atoms with E-state index in [1.807, 2.05) is 0 Å². The van der Waals surface area contributed by atoms with Crippen LogP contribution in [0.15, 0.2) is 9.98 Å². The van der Waals surface area contributed by atoms with Crippen LogP contribution in [0.25, 0.3) is 0 Å². The van der Waals surface area contributed by atoms with E-state index in [2.05, 4.69) is 27.7 Å². The van der Waals surface area contributed by atoms with Crippen molar-refractivity contribution in [2.45, 2.75) is 91.1 Å². The molecule has 0 aliphatic heterocycles. The summed E-state index contributed by atoms with van der Waals surface area (Å²) >= 11 is -2.24. The Hall–Kier alpha value is 1.56. The summed E-state index contributed by atoms with van der Waals surface area (Å²) in [5.41, 5.74) is 2.36. The third kappa shape index (κ3) is 9.48. The molecule has 6 heteroatoms. The molecular formula is C18H32Cl3N2Nd. The van der Waals surface area contributed by atoms with Gasteiger partial charge >= 0.3 is 47.3 Å². The molecule has 0 amide bonds. The van der Waals surface area contributed by atoms with Gasteiger partial charge in [0.05, 0.1) is 23.5 Å². The predicted molar refractivity (Wildman–Crippen MR) is 107 cm³/mol. The van der Waals surface area contributed by atoms with E-state index in [1.165, 1.54) is 62.8 Å². The van der Waals surface area contributed by atoms with Crippen LogP contribution in [0.1, 0.15) is 79.1 Å². The van der Waals surface area contributed by atoms with Crippen molar-refractivity contribution < 1.29 is 29.9 Å². The molecule has 4 unspecified atom stereocenters. The first-order valence-corrected chi connectivity index (χ1v) is 21.3. The third-order valence-corrected chi connectivity index (χ3v) is 5.37. The predicted octanol–water partition coefficient (Wildman–Crippen LogP) is 7.13. The van der Waals surface area contributed by atoms with Crippen molar-refractivity contribution in [3.63, 3.8) is 0 Å². The Bertz CT molecular complexity index is 388. The molecule has 0 bridgehead atoms. The molecule has 2 aliphatic rings. The summed E-state index contributed by atoms with van der Waals surface area (Å²) in [7, 11) is 0. The van der Waals surface area contributed by atoms with Gasteiger partial charge in [-0.3, -0.25) is 9.98 Å². The molecule has 0 aromatic carbocycles. The molecule has 2 fully saturated rings. The summed E-state index contributed by atoms with van der Waals surface area (Å²) in [5, 5.41) is 0. The average Bonchev–Trinajstić information content (AvgIpc) is 2.51. The van der Waals surface area contributed by atoms with Gasteiger partial charge in [-0.15, -0.1) is 0 Å². The fraction of sp³-hybridized carbons (Fsp3) is 0.889. The van der Waals surface area contributed by atoms with E-state index in [1.54, 1.807) is 0 Å². The minimum absolute atomic E-state index is 0.540. The topological polar surface area (TPSA) is 24.7 Å². The van der Waals surface area contributed by atoms with Crippen molar-refractivity contribution in [2.75, 3.05) is 0 Å². The molecule has 0 heterocycles. The normalized spacial score (nSPS) is 32.0. The number of hydrogen-bond donors (Lipinski definition) is 0. The SMILES string of the molecule is CC(=NC1CCCCC1C)C(C)=NC1CCCCC1C.[Cl][Nd]([Cl])[Cl]. The van der Waals surface area contributed by atoms with Crippen LogP contribution < -0.4 is 0 Å². The van der Waals surface area contributed by atoms with E-state index < -0.39 is 29.9 Å². The van der Waals surface area contributed by atoms with Gasteiger partial charge in [-0.2, -0.15) is 0 Å². The molecule has 0 aromatic heterocycles. The van der Waals surface area contributed by atoms with Crippen LogP contribution in [-0.2, 0) is 0 Å².